The fraction of sp³-hybridized carbons (Fsp3) is 0.562. The summed E-state index contributed by atoms with van der Waals surface area (Å²) >= 11 is 0. The number of alkyl halides is 3. The third-order valence-electron chi connectivity index (χ3n) is 4.27. The van der Waals surface area contributed by atoms with Crippen LogP contribution in [0.2, 0.25) is 0 Å². The summed E-state index contributed by atoms with van der Waals surface area (Å²) in [6.07, 6.45) is -2.67. The molecule has 1 amide bonds. The lowest BCUT2D eigenvalue weighted by atomic mass is 9.88. The molecule has 0 radical (unpaired) electrons. The second-order valence-corrected chi connectivity index (χ2v) is 6.11. The Morgan fingerprint density at radius 3 is 2.35 bits per heavy atom. The average Bonchev–Trinajstić information content (AvgIpc) is 2.50. The van der Waals surface area contributed by atoms with Gasteiger partial charge in [0.05, 0.1) is 11.2 Å². The van der Waals surface area contributed by atoms with Crippen molar-refractivity contribution in [2.75, 3.05) is 26.7 Å². The van der Waals surface area contributed by atoms with Crippen molar-refractivity contribution < 1.29 is 23.1 Å². The van der Waals surface area contributed by atoms with E-state index in [9.17, 15) is 23.1 Å². The molecule has 1 aromatic carbocycles. The number of likely N-dealkylation sites (tertiary alicyclic amines) is 1. The Hall–Kier alpha value is -1.60. The summed E-state index contributed by atoms with van der Waals surface area (Å²) < 4.78 is 37.4. The van der Waals surface area contributed by atoms with Crippen LogP contribution in [0.3, 0.4) is 0 Å². The van der Waals surface area contributed by atoms with E-state index < -0.39 is 23.2 Å². The van der Waals surface area contributed by atoms with Gasteiger partial charge in [0.25, 0.3) is 5.91 Å². The van der Waals surface area contributed by atoms with Gasteiger partial charge >= 0.3 is 6.18 Å². The molecule has 2 N–H and O–H groups in total. The van der Waals surface area contributed by atoms with Crippen LogP contribution in [0, 0.1) is 0 Å². The maximum Gasteiger partial charge on any atom is 0.416 e. The van der Waals surface area contributed by atoms with Crippen molar-refractivity contribution in [1.29, 1.82) is 0 Å². The van der Waals surface area contributed by atoms with Crippen LogP contribution in [-0.2, 0) is 6.18 Å². The molecule has 23 heavy (non-hydrogen) atoms. The number of amides is 1. The maximum atomic E-state index is 12.5. The van der Waals surface area contributed by atoms with Gasteiger partial charge in [-0.25, -0.2) is 0 Å². The van der Waals surface area contributed by atoms with Crippen molar-refractivity contribution in [3.63, 3.8) is 0 Å². The fourth-order valence-corrected chi connectivity index (χ4v) is 2.61. The van der Waals surface area contributed by atoms with Gasteiger partial charge in [0.15, 0.2) is 0 Å². The molecule has 1 aliphatic rings. The number of piperidine rings is 1. The van der Waals surface area contributed by atoms with E-state index in [0.717, 1.165) is 37.4 Å². The monoisotopic (exact) mass is 330 g/mol. The first-order valence-electron chi connectivity index (χ1n) is 7.56. The quantitative estimate of drug-likeness (QED) is 0.891. The topological polar surface area (TPSA) is 52.6 Å². The second kappa shape index (κ2) is 6.88. The zero-order chi connectivity index (χ0) is 17.1. The molecule has 4 nitrogen and oxygen atoms in total. The third-order valence-corrected chi connectivity index (χ3v) is 4.27. The summed E-state index contributed by atoms with van der Waals surface area (Å²) in [4.78, 5) is 14.1. The lowest BCUT2D eigenvalue weighted by Crippen LogP contribution is -2.44. The van der Waals surface area contributed by atoms with Crippen LogP contribution in [0.5, 0.6) is 0 Å². The number of carbonyl (C=O) groups excluding carboxylic acids is 1. The van der Waals surface area contributed by atoms with Crippen molar-refractivity contribution in [3.05, 3.63) is 35.4 Å². The van der Waals surface area contributed by atoms with Gasteiger partial charge in [0.2, 0.25) is 0 Å². The number of hydrogen-bond donors (Lipinski definition) is 2. The highest BCUT2D eigenvalue weighted by Gasteiger charge is 2.31. The van der Waals surface area contributed by atoms with E-state index in [1.807, 2.05) is 7.05 Å². The summed E-state index contributed by atoms with van der Waals surface area (Å²) in [5, 5.41) is 13.0. The highest BCUT2D eigenvalue weighted by Crippen LogP contribution is 2.29. The number of carbonyl (C=O) groups is 1. The lowest BCUT2D eigenvalue weighted by molar-refractivity contribution is -0.137. The third kappa shape index (κ3) is 4.94. The van der Waals surface area contributed by atoms with Gasteiger partial charge in [0, 0.05) is 25.2 Å². The van der Waals surface area contributed by atoms with E-state index in [1.165, 1.54) is 0 Å². The molecular weight excluding hydrogens is 309 g/mol. The zero-order valence-corrected chi connectivity index (χ0v) is 13.0. The highest BCUT2D eigenvalue weighted by molar-refractivity contribution is 5.94. The average molecular weight is 330 g/mol. The second-order valence-electron chi connectivity index (χ2n) is 6.11. The minimum Gasteiger partial charge on any atom is -0.390 e. The number of benzene rings is 1. The first-order valence-corrected chi connectivity index (χ1v) is 7.56. The van der Waals surface area contributed by atoms with Crippen molar-refractivity contribution in [3.8, 4) is 0 Å². The van der Waals surface area contributed by atoms with Gasteiger partial charge in [-0.2, -0.15) is 13.2 Å². The molecule has 1 aliphatic heterocycles. The smallest absolute Gasteiger partial charge is 0.390 e. The maximum absolute atomic E-state index is 12.5. The number of halogens is 3. The summed E-state index contributed by atoms with van der Waals surface area (Å²) in [5.74, 6) is -0.435. The Labute approximate surface area is 133 Å². The molecule has 2 rings (SSSR count). The van der Waals surface area contributed by atoms with Gasteiger partial charge < -0.3 is 15.3 Å². The van der Waals surface area contributed by atoms with Crippen molar-refractivity contribution in [2.24, 2.45) is 0 Å². The standard InChI is InChI=1S/C16H21F3N2O2/c1-21-10-7-15(23,8-11-21)6-9-20-14(22)12-2-4-13(5-3-12)16(17,18)19/h2-5,23H,6-11H2,1H3,(H,20,22). The van der Waals surface area contributed by atoms with E-state index in [2.05, 4.69) is 10.2 Å². The van der Waals surface area contributed by atoms with Gasteiger partial charge in [-0.1, -0.05) is 0 Å². The molecule has 1 saturated heterocycles. The normalized spacial score (nSPS) is 18.7. The Morgan fingerprint density at radius 2 is 1.83 bits per heavy atom. The zero-order valence-electron chi connectivity index (χ0n) is 13.0. The first-order chi connectivity index (χ1) is 10.7. The van der Waals surface area contributed by atoms with Gasteiger partial charge in [-0.3, -0.25) is 4.79 Å². The fourth-order valence-electron chi connectivity index (χ4n) is 2.61. The van der Waals surface area contributed by atoms with Crippen molar-refractivity contribution in [2.45, 2.75) is 31.0 Å². The predicted octanol–water partition coefficient (Wildman–Crippen LogP) is 2.28. The summed E-state index contributed by atoms with van der Waals surface area (Å²) in [7, 11) is 1.99. The minimum atomic E-state index is -4.41. The van der Waals surface area contributed by atoms with Crippen LogP contribution in [0.1, 0.15) is 35.2 Å². The lowest BCUT2D eigenvalue weighted by Gasteiger charge is -2.36. The summed E-state index contributed by atoms with van der Waals surface area (Å²) in [6, 6.07) is 4.09. The molecule has 128 valence electrons. The van der Waals surface area contributed by atoms with Gasteiger partial charge in [0.1, 0.15) is 0 Å². The Bertz CT molecular complexity index is 535. The van der Waals surface area contributed by atoms with Crippen LogP contribution in [0.4, 0.5) is 13.2 Å². The van der Waals surface area contributed by atoms with E-state index >= 15 is 0 Å². The number of aliphatic hydroxyl groups is 1. The molecule has 0 atom stereocenters. The molecule has 1 fully saturated rings. The molecule has 0 aromatic heterocycles. The van der Waals surface area contributed by atoms with Gasteiger partial charge in [-0.05, 0) is 50.6 Å². The molecule has 0 aliphatic carbocycles. The summed E-state index contributed by atoms with van der Waals surface area (Å²) in [5.41, 5.74) is -1.39. The Balaban J connectivity index is 1.83. The number of hydrogen-bond acceptors (Lipinski definition) is 3. The van der Waals surface area contributed by atoms with E-state index in [0.29, 0.717) is 25.8 Å². The SMILES string of the molecule is CN1CCC(O)(CCNC(=O)c2ccc(C(F)(F)F)cc2)CC1. The van der Waals surface area contributed by atoms with Crippen molar-refractivity contribution >= 4 is 5.91 Å². The number of nitrogens with one attached hydrogen (secondary N) is 1. The van der Waals surface area contributed by atoms with E-state index in [1.54, 1.807) is 0 Å². The molecule has 0 unspecified atom stereocenters. The Morgan fingerprint density at radius 1 is 1.26 bits per heavy atom. The van der Waals surface area contributed by atoms with Gasteiger partial charge in [-0.15, -0.1) is 0 Å². The number of nitrogens with zero attached hydrogens (tertiary/aromatic N) is 1. The molecular formula is C16H21F3N2O2. The van der Waals surface area contributed by atoms with E-state index in [4.69, 9.17) is 0 Å². The molecule has 0 spiro atoms. The molecule has 0 saturated carbocycles. The largest absolute Gasteiger partial charge is 0.416 e. The predicted molar refractivity (Wildman–Crippen MR) is 80.1 cm³/mol. The molecule has 1 aromatic rings. The first kappa shape index (κ1) is 17.7. The van der Waals surface area contributed by atoms with Crippen LogP contribution < -0.4 is 5.32 Å². The Kier molecular flexibility index (Phi) is 5.31. The molecule has 7 heteroatoms. The van der Waals surface area contributed by atoms with Crippen LogP contribution in [0.25, 0.3) is 0 Å². The molecule has 0 bridgehead atoms. The van der Waals surface area contributed by atoms with Crippen LogP contribution >= 0.6 is 0 Å². The van der Waals surface area contributed by atoms with Crippen LogP contribution in [0.15, 0.2) is 24.3 Å². The van der Waals surface area contributed by atoms with Crippen molar-refractivity contribution in [1.82, 2.24) is 10.2 Å². The van der Waals surface area contributed by atoms with E-state index in [-0.39, 0.29) is 5.56 Å². The highest BCUT2D eigenvalue weighted by atomic mass is 19.4. The summed E-state index contributed by atoms with van der Waals surface area (Å²) in [6.45, 7) is 1.91. The minimum absolute atomic E-state index is 0.174. The van der Waals surface area contributed by atoms with Crippen LogP contribution in [-0.4, -0.2) is 48.2 Å². The molecule has 1 heterocycles. The number of rotatable bonds is 4.